The minimum absolute atomic E-state index is 0.591. The van der Waals surface area contributed by atoms with Gasteiger partial charge in [-0.05, 0) is 12.5 Å². The van der Waals surface area contributed by atoms with Gasteiger partial charge in [0.2, 0.25) is 0 Å². The minimum atomic E-state index is -1.29. The highest BCUT2D eigenvalue weighted by atomic mass is 16.3. The number of nitrogens with two attached hydrogens (primary N) is 1. The van der Waals surface area contributed by atoms with Gasteiger partial charge in [0.1, 0.15) is 0 Å². The van der Waals surface area contributed by atoms with E-state index in [1.165, 1.54) is 5.01 Å². The number of hydrogen-bond acceptors (Lipinski definition) is 3. The van der Waals surface area contributed by atoms with E-state index < -0.39 is 5.72 Å². The van der Waals surface area contributed by atoms with E-state index in [-0.39, 0.29) is 0 Å². The van der Waals surface area contributed by atoms with Crippen LogP contribution in [0.1, 0.15) is 12.5 Å². The molecule has 0 aliphatic rings. The molecule has 0 radical (unpaired) electrons. The summed E-state index contributed by atoms with van der Waals surface area (Å²) in [7, 11) is 1.61. The Bertz CT molecular complexity index is 321. The molecule has 0 heterocycles. The second-order valence-corrected chi connectivity index (χ2v) is 3.43. The first-order chi connectivity index (χ1) is 6.49. The number of aliphatic hydroxyl groups is 1. The van der Waals surface area contributed by atoms with Gasteiger partial charge in [0.15, 0.2) is 5.72 Å². The van der Waals surface area contributed by atoms with Crippen molar-refractivity contribution in [3.05, 3.63) is 48.0 Å². The highest BCUT2D eigenvalue weighted by molar-refractivity contribution is 5.29. The van der Waals surface area contributed by atoms with E-state index in [4.69, 9.17) is 5.84 Å². The van der Waals surface area contributed by atoms with Crippen LogP contribution in [0.3, 0.4) is 0 Å². The Morgan fingerprint density at radius 2 is 1.93 bits per heavy atom. The standard InChI is InChI=1S/C11H16N2O/c1-9(2)11(14,13(3)12)10-7-5-4-6-8-10/h4-8,14H,1,12H2,2-3H3. The van der Waals surface area contributed by atoms with Crippen molar-refractivity contribution in [2.75, 3.05) is 7.05 Å². The topological polar surface area (TPSA) is 49.5 Å². The van der Waals surface area contributed by atoms with Gasteiger partial charge in [-0.25, -0.2) is 5.01 Å². The smallest absolute Gasteiger partial charge is 0.178 e. The van der Waals surface area contributed by atoms with E-state index in [1.54, 1.807) is 14.0 Å². The van der Waals surface area contributed by atoms with Crippen LogP contribution < -0.4 is 5.84 Å². The second kappa shape index (κ2) is 3.92. The lowest BCUT2D eigenvalue weighted by molar-refractivity contribution is -0.0703. The molecule has 0 fully saturated rings. The third kappa shape index (κ3) is 1.70. The molecular formula is C11H16N2O. The van der Waals surface area contributed by atoms with Crippen LogP contribution in [0.2, 0.25) is 0 Å². The number of nitrogens with zero attached hydrogens (tertiary/aromatic N) is 1. The molecule has 0 aliphatic heterocycles. The van der Waals surface area contributed by atoms with Gasteiger partial charge in [-0.1, -0.05) is 36.9 Å². The largest absolute Gasteiger partial charge is 0.367 e. The summed E-state index contributed by atoms with van der Waals surface area (Å²) in [6, 6.07) is 9.23. The average Bonchev–Trinajstić information content (AvgIpc) is 2.17. The van der Waals surface area contributed by atoms with E-state index in [0.29, 0.717) is 5.57 Å². The zero-order valence-corrected chi connectivity index (χ0v) is 8.57. The molecule has 0 aromatic heterocycles. The summed E-state index contributed by atoms with van der Waals surface area (Å²) in [6.45, 7) is 5.50. The van der Waals surface area contributed by atoms with Crippen LogP contribution >= 0.6 is 0 Å². The van der Waals surface area contributed by atoms with Gasteiger partial charge in [-0.15, -0.1) is 0 Å². The van der Waals surface area contributed by atoms with E-state index in [1.807, 2.05) is 30.3 Å². The number of benzene rings is 1. The molecule has 1 atom stereocenters. The van der Waals surface area contributed by atoms with Crippen molar-refractivity contribution >= 4 is 0 Å². The predicted molar refractivity (Wildman–Crippen MR) is 57.1 cm³/mol. The normalized spacial score (nSPS) is 15.2. The average molecular weight is 192 g/mol. The fourth-order valence-corrected chi connectivity index (χ4v) is 1.42. The molecule has 3 N–H and O–H groups in total. The van der Waals surface area contributed by atoms with Crippen molar-refractivity contribution in [2.24, 2.45) is 5.84 Å². The third-order valence-corrected chi connectivity index (χ3v) is 2.28. The maximum Gasteiger partial charge on any atom is 0.178 e. The fraction of sp³-hybridized carbons (Fsp3) is 0.273. The highest BCUT2D eigenvalue weighted by Gasteiger charge is 2.33. The molecule has 0 saturated heterocycles. The first kappa shape index (κ1) is 10.9. The molecule has 1 unspecified atom stereocenters. The van der Waals surface area contributed by atoms with Crippen molar-refractivity contribution in [1.29, 1.82) is 0 Å². The van der Waals surface area contributed by atoms with Gasteiger partial charge in [-0.3, -0.25) is 5.84 Å². The van der Waals surface area contributed by atoms with Crippen LogP contribution in [0.5, 0.6) is 0 Å². The summed E-state index contributed by atoms with van der Waals surface area (Å²) in [5.74, 6) is 5.63. The van der Waals surface area contributed by atoms with E-state index in [0.717, 1.165) is 5.56 Å². The number of rotatable bonds is 3. The predicted octanol–water partition coefficient (Wildman–Crippen LogP) is 1.21. The molecule has 1 aromatic carbocycles. The van der Waals surface area contributed by atoms with Gasteiger partial charge in [-0.2, -0.15) is 0 Å². The Morgan fingerprint density at radius 1 is 1.43 bits per heavy atom. The van der Waals surface area contributed by atoms with E-state index in [2.05, 4.69) is 6.58 Å². The van der Waals surface area contributed by atoms with E-state index >= 15 is 0 Å². The van der Waals surface area contributed by atoms with Gasteiger partial charge < -0.3 is 5.11 Å². The summed E-state index contributed by atoms with van der Waals surface area (Å²) in [5, 5.41) is 11.6. The maximum atomic E-state index is 10.3. The van der Waals surface area contributed by atoms with Gasteiger partial charge >= 0.3 is 0 Å². The second-order valence-electron chi connectivity index (χ2n) is 3.43. The van der Waals surface area contributed by atoms with Crippen LogP contribution in [-0.4, -0.2) is 17.2 Å². The first-order valence-electron chi connectivity index (χ1n) is 4.42. The Balaban J connectivity index is 3.20. The summed E-state index contributed by atoms with van der Waals surface area (Å²) in [6.07, 6.45) is 0. The Morgan fingerprint density at radius 3 is 2.29 bits per heavy atom. The molecule has 0 aliphatic carbocycles. The van der Waals surface area contributed by atoms with Gasteiger partial charge in [0, 0.05) is 12.6 Å². The Labute approximate surface area is 84.4 Å². The lowest BCUT2D eigenvalue weighted by Gasteiger charge is -2.35. The summed E-state index contributed by atoms with van der Waals surface area (Å²) in [4.78, 5) is 0. The zero-order chi connectivity index (χ0) is 10.8. The molecular weight excluding hydrogens is 176 g/mol. The van der Waals surface area contributed by atoms with Crippen molar-refractivity contribution in [3.63, 3.8) is 0 Å². The van der Waals surface area contributed by atoms with Crippen molar-refractivity contribution in [1.82, 2.24) is 5.01 Å². The lowest BCUT2D eigenvalue weighted by atomic mass is 9.96. The van der Waals surface area contributed by atoms with Gasteiger partial charge in [0.05, 0.1) is 0 Å². The third-order valence-electron chi connectivity index (χ3n) is 2.28. The monoisotopic (exact) mass is 192 g/mol. The molecule has 1 aromatic rings. The molecule has 0 saturated carbocycles. The Hall–Kier alpha value is -1.16. The molecule has 14 heavy (non-hydrogen) atoms. The molecule has 1 rings (SSSR count). The van der Waals surface area contributed by atoms with Crippen molar-refractivity contribution in [3.8, 4) is 0 Å². The van der Waals surface area contributed by atoms with Crippen molar-refractivity contribution < 1.29 is 5.11 Å². The van der Waals surface area contributed by atoms with Crippen LogP contribution in [0.25, 0.3) is 0 Å². The van der Waals surface area contributed by atoms with E-state index in [9.17, 15) is 5.11 Å². The number of hydrogen-bond donors (Lipinski definition) is 2. The minimum Gasteiger partial charge on any atom is -0.367 e. The highest BCUT2D eigenvalue weighted by Crippen LogP contribution is 2.28. The molecule has 76 valence electrons. The lowest BCUT2D eigenvalue weighted by Crippen LogP contribution is -2.48. The van der Waals surface area contributed by atoms with Gasteiger partial charge in [0.25, 0.3) is 0 Å². The summed E-state index contributed by atoms with van der Waals surface area (Å²) >= 11 is 0. The van der Waals surface area contributed by atoms with Crippen LogP contribution in [0.15, 0.2) is 42.5 Å². The van der Waals surface area contributed by atoms with Crippen molar-refractivity contribution in [2.45, 2.75) is 12.6 Å². The Kier molecular flexibility index (Phi) is 3.06. The summed E-state index contributed by atoms with van der Waals surface area (Å²) < 4.78 is 0. The maximum absolute atomic E-state index is 10.3. The molecule has 3 nitrogen and oxygen atoms in total. The van der Waals surface area contributed by atoms with Crippen LogP contribution in [-0.2, 0) is 5.72 Å². The van der Waals surface area contributed by atoms with Crippen LogP contribution in [0.4, 0.5) is 0 Å². The quantitative estimate of drug-likeness (QED) is 0.327. The summed E-state index contributed by atoms with van der Waals surface area (Å²) in [5.41, 5.74) is 0.0209. The molecule has 0 bridgehead atoms. The SMILES string of the molecule is C=C(C)C(O)(c1ccccc1)N(C)N. The first-order valence-corrected chi connectivity index (χ1v) is 4.42. The molecule has 0 amide bonds. The fourth-order valence-electron chi connectivity index (χ4n) is 1.42. The molecule has 0 spiro atoms. The number of hydrazine groups is 1. The van der Waals surface area contributed by atoms with Crippen LogP contribution in [0, 0.1) is 0 Å². The molecule has 3 heteroatoms. The number of likely N-dealkylation sites (N-methyl/N-ethyl adjacent to an activating group) is 1. The zero-order valence-electron chi connectivity index (χ0n) is 8.57.